The lowest BCUT2D eigenvalue weighted by Gasteiger charge is -2.24. The molecule has 0 radical (unpaired) electrons. The molecule has 15 heavy (non-hydrogen) atoms. The molecule has 1 rings (SSSR count). The van der Waals surface area contributed by atoms with E-state index in [0.29, 0.717) is 13.1 Å². The van der Waals surface area contributed by atoms with Crippen molar-refractivity contribution in [2.75, 3.05) is 39.3 Å². The summed E-state index contributed by atoms with van der Waals surface area (Å²) in [5.41, 5.74) is 0. The highest BCUT2D eigenvalue weighted by atomic mass is 16.2. The second-order valence-corrected chi connectivity index (χ2v) is 3.76. The van der Waals surface area contributed by atoms with Crippen LogP contribution in [0.5, 0.6) is 0 Å². The fourth-order valence-corrected chi connectivity index (χ4v) is 1.65. The molecule has 0 aromatic rings. The summed E-state index contributed by atoms with van der Waals surface area (Å²) in [4.78, 5) is 26.0. The number of hydrogen-bond donors (Lipinski definition) is 1. The summed E-state index contributed by atoms with van der Waals surface area (Å²) in [5, 5.41) is 3.21. The van der Waals surface area contributed by atoms with Gasteiger partial charge in [0, 0.05) is 53.1 Å². The molecule has 1 heterocycles. The standard InChI is InChI=1S/C10H19N3O2/c1-9(14)12-5-3-11-4-6-13(8-7-12)10(2)15/h11H,3-8H2,1-2H3. The lowest BCUT2D eigenvalue weighted by molar-refractivity contribution is -0.132. The number of amides is 2. The average Bonchev–Trinajstić information content (AvgIpc) is 2.27. The molecule has 2 amide bonds. The fraction of sp³-hybridized carbons (Fsp3) is 0.800. The van der Waals surface area contributed by atoms with Gasteiger partial charge in [-0.15, -0.1) is 0 Å². The van der Waals surface area contributed by atoms with Gasteiger partial charge in [0.15, 0.2) is 0 Å². The molecule has 0 spiro atoms. The maximum Gasteiger partial charge on any atom is 0.219 e. The zero-order valence-electron chi connectivity index (χ0n) is 9.45. The normalized spacial score (nSPS) is 19.1. The van der Waals surface area contributed by atoms with Gasteiger partial charge in [0.25, 0.3) is 0 Å². The van der Waals surface area contributed by atoms with E-state index in [0.717, 1.165) is 26.2 Å². The first-order valence-electron chi connectivity index (χ1n) is 5.33. The first kappa shape index (κ1) is 12.0. The molecule has 0 atom stereocenters. The summed E-state index contributed by atoms with van der Waals surface area (Å²) in [6.45, 7) is 7.44. The van der Waals surface area contributed by atoms with E-state index in [1.165, 1.54) is 0 Å². The molecular formula is C10H19N3O2. The second-order valence-electron chi connectivity index (χ2n) is 3.76. The molecule has 1 saturated heterocycles. The minimum Gasteiger partial charge on any atom is -0.340 e. The van der Waals surface area contributed by atoms with E-state index in [1.807, 2.05) is 0 Å². The Hall–Kier alpha value is -1.10. The summed E-state index contributed by atoms with van der Waals surface area (Å²) in [6.07, 6.45) is 0. The fourth-order valence-electron chi connectivity index (χ4n) is 1.65. The van der Waals surface area contributed by atoms with Crippen LogP contribution in [-0.4, -0.2) is 60.9 Å². The molecule has 5 nitrogen and oxygen atoms in total. The van der Waals surface area contributed by atoms with Crippen LogP contribution >= 0.6 is 0 Å². The van der Waals surface area contributed by atoms with E-state index < -0.39 is 0 Å². The van der Waals surface area contributed by atoms with Crippen molar-refractivity contribution >= 4 is 11.8 Å². The summed E-state index contributed by atoms with van der Waals surface area (Å²) >= 11 is 0. The molecule has 1 N–H and O–H groups in total. The topological polar surface area (TPSA) is 52.7 Å². The predicted molar refractivity (Wildman–Crippen MR) is 57.4 cm³/mol. The van der Waals surface area contributed by atoms with Crippen LogP contribution in [0.4, 0.5) is 0 Å². The van der Waals surface area contributed by atoms with Gasteiger partial charge in [-0.25, -0.2) is 0 Å². The second kappa shape index (κ2) is 5.70. The molecule has 86 valence electrons. The number of carbonyl (C=O) groups excluding carboxylic acids is 2. The predicted octanol–water partition coefficient (Wildman–Crippen LogP) is -0.713. The molecule has 1 aliphatic rings. The minimum atomic E-state index is 0.0715. The molecule has 1 fully saturated rings. The van der Waals surface area contributed by atoms with Gasteiger partial charge in [-0.3, -0.25) is 9.59 Å². The quantitative estimate of drug-likeness (QED) is 0.578. The Morgan fingerprint density at radius 3 is 1.60 bits per heavy atom. The van der Waals surface area contributed by atoms with Crippen LogP contribution in [-0.2, 0) is 9.59 Å². The number of nitrogens with zero attached hydrogens (tertiary/aromatic N) is 2. The molecule has 0 bridgehead atoms. The van der Waals surface area contributed by atoms with Gasteiger partial charge in [-0.2, -0.15) is 0 Å². The Balaban J connectivity index is 2.54. The number of carbonyl (C=O) groups is 2. The zero-order chi connectivity index (χ0) is 11.3. The first-order chi connectivity index (χ1) is 7.11. The van der Waals surface area contributed by atoms with Crippen molar-refractivity contribution in [2.24, 2.45) is 0 Å². The van der Waals surface area contributed by atoms with Crippen LogP contribution in [0.25, 0.3) is 0 Å². The van der Waals surface area contributed by atoms with Gasteiger partial charge in [0.1, 0.15) is 0 Å². The van der Waals surface area contributed by atoms with E-state index in [2.05, 4.69) is 5.32 Å². The molecular weight excluding hydrogens is 194 g/mol. The van der Waals surface area contributed by atoms with Crippen molar-refractivity contribution in [3.63, 3.8) is 0 Å². The Morgan fingerprint density at radius 2 is 1.27 bits per heavy atom. The van der Waals surface area contributed by atoms with Gasteiger partial charge in [-0.1, -0.05) is 0 Å². The van der Waals surface area contributed by atoms with E-state index in [4.69, 9.17) is 0 Å². The smallest absolute Gasteiger partial charge is 0.219 e. The van der Waals surface area contributed by atoms with Crippen molar-refractivity contribution in [1.29, 1.82) is 0 Å². The van der Waals surface area contributed by atoms with Crippen molar-refractivity contribution in [1.82, 2.24) is 15.1 Å². The van der Waals surface area contributed by atoms with E-state index in [1.54, 1.807) is 23.6 Å². The summed E-state index contributed by atoms with van der Waals surface area (Å²) < 4.78 is 0. The monoisotopic (exact) mass is 213 g/mol. The molecule has 0 unspecified atom stereocenters. The molecule has 0 aromatic heterocycles. The third-order valence-corrected chi connectivity index (χ3v) is 2.65. The molecule has 1 aliphatic heterocycles. The minimum absolute atomic E-state index is 0.0715. The average molecular weight is 213 g/mol. The summed E-state index contributed by atoms with van der Waals surface area (Å²) in [5.74, 6) is 0.143. The first-order valence-corrected chi connectivity index (χ1v) is 5.33. The Labute approximate surface area is 90.4 Å². The lowest BCUT2D eigenvalue weighted by Crippen LogP contribution is -2.40. The van der Waals surface area contributed by atoms with Crippen LogP contribution in [0.15, 0.2) is 0 Å². The molecule has 0 aromatic carbocycles. The number of hydrogen-bond acceptors (Lipinski definition) is 3. The Morgan fingerprint density at radius 1 is 0.867 bits per heavy atom. The van der Waals surface area contributed by atoms with Crippen LogP contribution in [0.3, 0.4) is 0 Å². The number of rotatable bonds is 0. The van der Waals surface area contributed by atoms with E-state index >= 15 is 0 Å². The van der Waals surface area contributed by atoms with E-state index in [9.17, 15) is 9.59 Å². The van der Waals surface area contributed by atoms with Gasteiger partial charge >= 0.3 is 0 Å². The van der Waals surface area contributed by atoms with Gasteiger partial charge in [-0.05, 0) is 0 Å². The molecule has 5 heteroatoms. The highest BCUT2D eigenvalue weighted by molar-refractivity contribution is 5.74. The Bertz CT molecular complexity index is 219. The maximum absolute atomic E-state index is 11.2. The van der Waals surface area contributed by atoms with Gasteiger partial charge < -0.3 is 15.1 Å². The lowest BCUT2D eigenvalue weighted by atomic mass is 10.4. The van der Waals surface area contributed by atoms with Gasteiger partial charge in [0.2, 0.25) is 11.8 Å². The number of nitrogens with one attached hydrogen (secondary N) is 1. The molecule has 0 aliphatic carbocycles. The molecule has 0 saturated carbocycles. The van der Waals surface area contributed by atoms with Crippen LogP contribution in [0.2, 0.25) is 0 Å². The third kappa shape index (κ3) is 3.87. The van der Waals surface area contributed by atoms with Gasteiger partial charge in [0.05, 0.1) is 0 Å². The Kier molecular flexibility index (Phi) is 4.55. The van der Waals surface area contributed by atoms with Crippen LogP contribution in [0.1, 0.15) is 13.8 Å². The van der Waals surface area contributed by atoms with Crippen molar-refractivity contribution < 1.29 is 9.59 Å². The van der Waals surface area contributed by atoms with Crippen LogP contribution < -0.4 is 5.32 Å². The highest BCUT2D eigenvalue weighted by Gasteiger charge is 2.14. The van der Waals surface area contributed by atoms with Crippen molar-refractivity contribution in [3.05, 3.63) is 0 Å². The van der Waals surface area contributed by atoms with Crippen molar-refractivity contribution in [3.8, 4) is 0 Å². The third-order valence-electron chi connectivity index (χ3n) is 2.65. The largest absolute Gasteiger partial charge is 0.340 e. The summed E-state index contributed by atoms with van der Waals surface area (Å²) in [7, 11) is 0. The van der Waals surface area contributed by atoms with Crippen LogP contribution in [0, 0.1) is 0 Å². The maximum atomic E-state index is 11.2. The zero-order valence-corrected chi connectivity index (χ0v) is 9.45. The highest BCUT2D eigenvalue weighted by Crippen LogP contribution is 1.96. The van der Waals surface area contributed by atoms with Crippen molar-refractivity contribution in [2.45, 2.75) is 13.8 Å². The van der Waals surface area contributed by atoms with E-state index in [-0.39, 0.29) is 11.8 Å². The summed E-state index contributed by atoms with van der Waals surface area (Å²) in [6, 6.07) is 0. The SMILES string of the molecule is CC(=O)N1CCNCCN(C(C)=O)CC1.